The molecule has 0 unspecified atom stereocenters. The third kappa shape index (κ3) is 2.83. The van der Waals surface area contributed by atoms with Crippen LogP contribution in [0.4, 0.5) is 8.78 Å². The summed E-state index contributed by atoms with van der Waals surface area (Å²) in [5, 5.41) is 6.22. The van der Waals surface area contributed by atoms with Crippen LogP contribution in [0.5, 0.6) is 0 Å². The van der Waals surface area contributed by atoms with E-state index in [1.165, 1.54) is 12.4 Å². The maximum absolute atomic E-state index is 13.8. The highest BCUT2D eigenvalue weighted by Crippen LogP contribution is 2.32. The van der Waals surface area contributed by atoms with E-state index in [1.807, 2.05) is 0 Å². The number of aromatic nitrogens is 3. The number of aromatic amines is 1. The molecular weight excluding hydrogens is 344 g/mol. The molecule has 3 heterocycles. The maximum Gasteiger partial charge on any atom is 0.291 e. The van der Waals surface area contributed by atoms with Gasteiger partial charge in [0, 0.05) is 31.1 Å². The first kappa shape index (κ1) is 16.6. The summed E-state index contributed by atoms with van der Waals surface area (Å²) in [5.41, 5.74) is -0.214. The number of carbonyl (C=O) groups excluding carboxylic acids is 2. The SMILES string of the molecule is O=C(c1ncn[nH]1)N1C[C@@H]2CCN(C(=O)Cc3c(F)cccc3F)[C@@H]2C1. The van der Waals surface area contributed by atoms with Gasteiger partial charge in [-0.2, -0.15) is 5.10 Å². The predicted molar refractivity (Wildman–Crippen MR) is 86.0 cm³/mol. The van der Waals surface area contributed by atoms with Crippen molar-refractivity contribution < 1.29 is 18.4 Å². The summed E-state index contributed by atoms with van der Waals surface area (Å²) in [6.45, 7) is 1.45. The molecule has 1 aromatic heterocycles. The van der Waals surface area contributed by atoms with Crippen LogP contribution in [0.15, 0.2) is 24.5 Å². The second kappa shape index (κ2) is 6.47. The monoisotopic (exact) mass is 361 g/mol. The van der Waals surface area contributed by atoms with Crippen molar-refractivity contribution in [2.24, 2.45) is 5.92 Å². The van der Waals surface area contributed by atoms with E-state index in [2.05, 4.69) is 15.2 Å². The molecule has 2 aliphatic rings. The smallest absolute Gasteiger partial charge is 0.291 e. The van der Waals surface area contributed by atoms with Crippen molar-refractivity contribution in [2.45, 2.75) is 18.9 Å². The largest absolute Gasteiger partial charge is 0.337 e. The molecule has 2 amide bonds. The molecule has 0 saturated carbocycles. The zero-order valence-corrected chi connectivity index (χ0v) is 13.9. The minimum Gasteiger partial charge on any atom is -0.337 e. The highest BCUT2D eigenvalue weighted by atomic mass is 19.1. The molecule has 4 rings (SSSR count). The first-order valence-electron chi connectivity index (χ1n) is 8.41. The van der Waals surface area contributed by atoms with Gasteiger partial charge in [-0.3, -0.25) is 14.7 Å². The van der Waals surface area contributed by atoms with Crippen LogP contribution < -0.4 is 0 Å². The average Bonchev–Trinajstić information content (AvgIpc) is 3.33. The van der Waals surface area contributed by atoms with Gasteiger partial charge in [-0.15, -0.1) is 0 Å². The fourth-order valence-corrected chi connectivity index (χ4v) is 3.85. The zero-order valence-electron chi connectivity index (χ0n) is 13.9. The number of benzene rings is 1. The highest BCUT2D eigenvalue weighted by Gasteiger charge is 2.45. The number of nitrogens with zero attached hydrogens (tertiary/aromatic N) is 4. The number of hydrogen-bond acceptors (Lipinski definition) is 4. The Balaban J connectivity index is 1.46. The highest BCUT2D eigenvalue weighted by molar-refractivity contribution is 5.90. The first-order valence-corrected chi connectivity index (χ1v) is 8.41. The Morgan fingerprint density at radius 3 is 2.69 bits per heavy atom. The molecule has 7 nitrogen and oxygen atoms in total. The van der Waals surface area contributed by atoms with E-state index < -0.39 is 11.6 Å². The lowest BCUT2D eigenvalue weighted by Gasteiger charge is -2.25. The molecule has 1 aromatic carbocycles. The lowest BCUT2D eigenvalue weighted by Crippen LogP contribution is -2.41. The normalized spacial score (nSPS) is 21.9. The number of nitrogens with one attached hydrogen (secondary N) is 1. The van der Waals surface area contributed by atoms with Crippen molar-refractivity contribution in [1.82, 2.24) is 25.0 Å². The van der Waals surface area contributed by atoms with Gasteiger partial charge < -0.3 is 9.80 Å². The Bertz CT molecular complexity index is 821. The number of carbonyl (C=O) groups is 2. The molecule has 0 aliphatic carbocycles. The summed E-state index contributed by atoms with van der Waals surface area (Å²) in [7, 11) is 0. The van der Waals surface area contributed by atoms with Gasteiger partial charge in [-0.1, -0.05) is 6.07 Å². The molecular formula is C17H17F2N5O2. The average molecular weight is 361 g/mol. The van der Waals surface area contributed by atoms with E-state index in [0.29, 0.717) is 19.6 Å². The summed E-state index contributed by atoms with van der Waals surface area (Å²) >= 11 is 0. The fourth-order valence-electron chi connectivity index (χ4n) is 3.85. The fraction of sp³-hybridized carbons (Fsp3) is 0.412. The summed E-state index contributed by atoms with van der Waals surface area (Å²) < 4.78 is 27.6. The molecule has 0 bridgehead atoms. The van der Waals surface area contributed by atoms with Crippen molar-refractivity contribution in [3.05, 3.63) is 47.5 Å². The molecule has 136 valence electrons. The number of fused-ring (bicyclic) bond motifs is 1. The third-order valence-electron chi connectivity index (χ3n) is 5.16. The molecule has 0 radical (unpaired) electrons. The van der Waals surface area contributed by atoms with E-state index in [1.54, 1.807) is 9.80 Å². The molecule has 1 N–H and O–H groups in total. The van der Waals surface area contributed by atoms with Crippen molar-refractivity contribution in [2.75, 3.05) is 19.6 Å². The van der Waals surface area contributed by atoms with Crippen molar-refractivity contribution >= 4 is 11.8 Å². The van der Waals surface area contributed by atoms with Crippen LogP contribution in [0.3, 0.4) is 0 Å². The van der Waals surface area contributed by atoms with Crippen molar-refractivity contribution in [3.63, 3.8) is 0 Å². The molecule has 0 spiro atoms. The van der Waals surface area contributed by atoms with E-state index in [-0.39, 0.29) is 41.6 Å². The van der Waals surface area contributed by atoms with Gasteiger partial charge in [-0.05, 0) is 18.6 Å². The van der Waals surface area contributed by atoms with Crippen molar-refractivity contribution in [1.29, 1.82) is 0 Å². The minimum absolute atomic E-state index is 0.135. The summed E-state index contributed by atoms with van der Waals surface area (Å²) in [4.78, 5) is 32.2. The van der Waals surface area contributed by atoms with Crippen LogP contribution in [0.25, 0.3) is 0 Å². The maximum atomic E-state index is 13.8. The minimum atomic E-state index is -0.720. The quantitative estimate of drug-likeness (QED) is 0.884. The number of H-pyrrole nitrogens is 1. The Labute approximate surface area is 148 Å². The number of halogens is 2. The lowest BCUT2D eigenvalue weighted by molar-refractivity contribution is -0.131. The zero-order chi connectivity index (χ0) is 18.3. The van der Waals surface area contributed by atoms with E-state index in [9.17, 15) is 18.4 Å². The van der Waals surface area contributed by atoms with Gasteiger partial charge in [0.2, 0.25) is 11.7 Å². The van der Waals surface area contributed by atoms with Gasteiger partial charge in [0.25, 0.3) is 5.91 Å². The number of likely N-dealkylation sites (tertiary alicyclic amines) is 2. The van der Waals surface area contributed by atoms with Gasteiger partial charge in [0.15, 0.2) is 0 Å². The Morgan fingerprint density at radius 2 is 2.00 bits per heavy atom. The van der Waals surface area contributed by atoms with Crippen LogP contribution in [-0.4, -0.2) is 62.5 Å². The predicted octanol–water partition coefficient (Wildman–Crippen LogP) is 0.998. The third-order valence-corrected chi connectivity index (χ3v) is 5.16. The van der Waals surface area contributed by atoms with E-state index in [0.717, 1.165) is 18.6 Å². The molecule has 2 saturated heterocycles. The van der Waals surface area contributed by atoms with Crippen molar-refractivity contribution in [3.8, 4) is 0 Å². The van der Waals surface area contributed by atoms with Gasteiger partial charge in [0.05, 0.1) is 12.5 Å². The Morgan fingerprint density at radius 1 is 1.23 bits per heavy atom. The second-order valence-corrected chi connectivity index (χ2v) is 6.62. The van der Waals surface area contributed by atoms with Gasteiger partial charge in [0.1, 0.15) is 18.0 Å². The van der Waals surface area contributed by atoms with E-state index in [4.69, 9.17) is 0 Å². The summed E-state index contributed by atoms with van der Waals surface area (Å²) in [6, 6.07) is 3.43. The standard InChI is InChI=1S/C17H17F2N5O2/c18-12-2-1-3-13(19)11(12)6-15(25)24-5-4-10-7-23(8-14(10)24)17(26)16-20-9-21-22-16/h1-3,9-10,14H,4-8H2,(H,20,21,22)/t10-,14+/m0/s1. The molecule has 2 fully saturated rings. The molecule has 26 heavy (non-hydrogen) atoms. The van der Waals surface area contributed by atoms with Crippen LogP contribution in [0.1, 0.15) is 22.6 Å². The second-order valence-electron chi connectivity index (χ2n) is 6.62. The van der Waals surface area contributed by atoms with Crippen LogP contribution >= 0.6 is 0 Å². The molecule has 2 aliphatic heterocycles. The summed E-state index contributed by atoms with van der Waals surface area (Å²) in [5.74, 6) is -1.70. The Hall–Kier alpha value is -2.84. The Kier molecular flexibility index (Phi) is 4.14. The molecule has 9 heteroatoms. The van der Waals surface area contributed by atoms with Crippen LogP contribution in [0.2, 0.25) is 0 Å². The number of rotatable bonds is 3. The first-order chi connectivity index (χ1) is 12.5. The summed E-state index contributed by atoms with van der Waals surface area (Å²) in [6.07, 6.45) is 1.71. The lowest BCUT2D eigenvalue weighted by atomic mass is 10.0. The molecule has 2 atom stereocenters. The van der Waals surface area contributed by atoms with Gasteiger partial charge >= 0.3 is 0 Å². The van der Waals surface area contributed by atoms with Crippen LogP contribution in [-0.2, 0) is 11.2 Å². The van der Waals surface area contributed by atoms with Gasteiger partial charge in [-0.25, -0.2) is 13.8 Å². The van der Waals surface area contributed by atoms with Crippen LogP contribution in [0, 0.1) is 17.6 Å². The topological polar surface area (TPSA) is 82.2 Å². The van der Waals surface area contributed by atoms with E-state index >= 15 is 0 Å². The number of amides is 2. The molecule has 2 aromatic rings. The number of hydrogen-bond donors (Lipinski definition) is 1.